The third kappa shape index (κ3) is 5.88. The minimum absolute atomic E-state index is 0.000699. The summed E-state index contributed by atoms with van der Waals surface area (Å²) in [6.45, 7) is 0.329. The highest BCUT2D eigenvalue weighted by Gasteiger charge is 2.31. The highest BCUT2D eigenvalue weighted by atomic mass is 35.5. The number of carbonyl (C=O) groups is 1. The standard InChI is InChI=1S/C32H25ClN2O5/c1-37-23-10-6-20(7-11-23)16-30(36)39-25-14-15-26-29(17-25)40-32(35)27(18-34)31(26)21-8-12-24(13-9-21)38-19-22-4-2-3-5-28(22)33/h2-15,17,31H,16,19,35H2,1H3. The zero-order chi connectivity index (χ0) is 28.1. The SMILES string of the molecule is COc1ccc(CC(=O)Oc2ccc3c(c2)OC(N)=C(C#N)C3c2ccc(OCc3ccccc3Cl)cc2)cc1. The minimum Gasteiger partial charge on any atom is -0.497 e. The number of halogens is 1. The number of rotatable bonds is 8. The second-order valence-corrected chi connectivity index (χ2v) is 9.48. The van der Waals surface area contributed by atoms with Gasteiger partial charge >= 0.3 is 5.97 Å². The van der Waals surface area contributed by atoms with Gasteiger partial charge in [0.2, 0.25) is 5.88 Å². The molecule has 1 aliphatic heterocycles. The van der Waals surface area contributed by atoms with Crippen molar-refractivity contribution in [1.29, 1.82) is 5.26 Å². The molecule has 200 valence electrons. The van der Waals surface area contributed by atoms with Crippen molar-refractivity contribution in [1.82, 2.24) is 0 Å². The summed E-state index contributed by atoms with van der Waals surface area (Å²) in [5.74, 6) is 1.20. The molecule has 1 heterocycles. The van der Waals surface area contributed by atoms with Gasteiger partial charge in [-0.05, 0) is 47.5 Å². The van der Waals surface area contributed by atoms with E-state index in [0.717, 1.165) is 22.3 Å². The Bertz CT molecular complexity index is 1610. The molecule has 8 heteroatoms. The molecule has 0 amide bonds. The smallest absolute Gasteiger partial charge is 0.315 e. The third-order valence-electron chi connectivity index (χ3n) is 6.50. The van der Waals surface area contributed by atoms with Crippen molar-refractivity contribution in [2.45, 2.75) is 18.9 Å². The van der Waals surface area contributed by atoms with Crippen LogP contribution in [0.5, 0.6) is 23.0 Å². The first-order valence-corrected chi connectivity index (χ1v) is 12.8. The largest absolute Gasteiger partial charge is 0.497 e. The summed E-state index contributed by atoms with van der Waals surface area (Å²) < 4.78 is 22.4. The first-order valence-electron chi connectivity index (χ1n) is 12.5. The van der Waals surface area contributed by atoms with E-state index in [9.17, 15) is 10.1 Å². The molecular weight excluding hydrogens is 528 g/mol. The fourth-order valence-corrected chi connectivity index (χ4v) is 4.64. The van der Waals surface area contributed by atoms with E-state index in [1.54, 1.807) is 37.4 Å². The molecule has 1 atom stereocenters. The van der Waals surface area contributed by atoms with Gasteiger partial charge in [-0.2, -0.15) is 5.26 Å². The fraction of sp³-hybridized carbons (Fsp3) is 0.125. The van der Waals surface area contributed by atoms with Crippen LogP contribution in [0.15, 0.2) is 102 Å². The fourth-order valence-electron chi connectivity index (χ4n) is 4.45. The van der Waals surface area contributed by atoms with Crippen molar-refractivity contribution in [2.75, 3.05) is 7.11 Å². The van der Waals surface area contributed by atoms with E-state index < -0.39 is 11.9 Å². The normalized spacial score (nSPS) is 14.0. The van der Waals surface area contributed by atoms with Crippen LogP contribution in [-0.4, -0.2) is 13.1 Å². The first-order chi connectivity index (χ1) is 19.4. The van der Waals surface area contributed by atoms with Gasteiger partial charge in [0.1, 0.15) is 41.2 Å². The zero-order valence-electron chi connectivity index (χ0n) is 21.6. The van der Waals surface area contributed by atoms with Gasteiger partial charge < -0.3 is 24.7 Å². The van der Waals surface area contributed by atoms with E-state index in [1.807, 2.05) is 60.7 Å². The van der Waals surface area contributed by atoms with Crippen LogP contribution in [0.25, 0.3) is 0 Å². The maximum atomic E-state index is 12.6. The van der Waals surface area contributed by atoms with E-state index in [4.69, 9.17) is 36.3 Å². The maximum absolute atomic E-state index is 12.6. The zero-order valence-corrected chi connectivity index (χ0v) is 22.4. The van der Waals surface area contributed by atoms with E-state index in [0.29, 0.717) is 40.2 Å². The number of hydrogen-bond acceptors (Lipinski definition) is 7. The number of ether oxygens (including phenoxy) is 4. The molecule has 1 aliphatic rings. The lowest BCUT2D eigenvalue weighted by atomic mass is 9.83. The summed E-state index contributed by atoms with van der Waals surface area (Å²) in [7, 11) is 1.58. The molecule has 0 spiro atoms. The predicted octanol–water partition coefficient (Wildman–Crippen LogP) is 6.29. The van der Waals surface area contributed by atoms with Gasteiger partial charge in [0.25, 0.3) is 0 Å². The van der Waals surface area contributed by atoms with Crippen LogP contribution < -0.4 is 24.7 Å². The van der Waals surface area contributed by atoms with Gasteiger partial charge in [-0.1, -0.05) is 60.1 Å². The molecule has 0 saturated carbocycles. The number of hydrogen-bond donors (Lipinski definition) is 1. The quantitative estimate of drug-likeness (QED) is 0.202. The van der Waals surface area contributed by atoms with Crippen LogP contribution in [0.4, 0.5) is 0 Å². The summed E-state index contributed by atoms with van der Waals surface area (Å²) in [6.07, 6.45) is 0.0933. The molecule has 4 aromatic carbocycles. The Kier molecular flexibility index (Phi) is 7.90. The van der Waals surface area contributed by atoms with Crippen LogP contribution in [-0.2, 0) is 17.8 Å². The van der Waals surface area contributed by atoms with Gasteiger partial charge in [-0.15, -0.1) is 0 Å². The summed E-state index contributed by atoms with van der Waals surface area (Å²) in [5, 5.41) is 10.5. The monoisotopic (exact) mass is 552 g/mol. The Morgan fingerprint density at radius 2 is 1.68 bits per heavy atom. The number of carbonyl (C=O) groups excluding carboxylic acids is 1. The molecule has 0 bridgehead atoms. The van der Waals surface area contributed by atoms with Crippen molar-refractivity contribution in [3.63, 3.8) is 0 Å². The third-order valence-corrected chi connectivity index (χ3v) is 6.86. The number of methoxy groups -OCH3 is 1. The second kappa shape index (κ2) is 11.9. The number of esters is 1. The van der Waals surface area contributed by atoms with Gasteiger partial charge in [-0.3, -0.25) is 4.79 Å². The molecule has 1 unspecified atom stereocenters. The molecule has 4 aromatic rings. The Labute approximate surface area is 236 Å². The molecular formula is C32H25ClN2O5. The molecule has 0 aliphatic carbocycles. The van der Waals surface area contributed by atoms with Crippen LogP contribution in [0, 0.1) is 11.3 Å². The average Bonchev–Trinajstić information content (AvgIpc) is 2.96. The summed E-state index contributed by atoms with van der Waals surface area (Å²) >= 11 is 6.23. The number of benzene rings is 4. The van der Waals surface area contributed by atoms with Gasteiger partial charge in [0, 0.05) is 22.2 Å². The highest BCUT2D eigenvalue weighted by Crippen LogP contribution is 2.43. The van der Waals surface area contributed by atoms with E-state index >= 15 is 0 Å². The van der Waals surface area contributed by atoms with Crippen LogP contribution in [0.2, 0.25) is 5.02 Å². The number of allylic oxidation sites excluding steroid dienone is 1. The minimum atomic E-state index is -0.463. The molecule has 0 saturated heterocycles. The molecule has 5 rings (SSSR count). The maximum Gasteiger partial charge on any atom is 0.315 e. The molecule has 0 aromatic heterocycles. The first kappa shape index (κ1) is 26.7. The lowest BCUT2D eigenvalue weighted by molar-refractivity contribution is -0.133. The van der Waals surface area contributed by atoms with Crippen molar-refractivity contribution in [3.8, 4) is 29.1 Å². The highest BCUT2D eigenvalue weighted by molar-refractivity contribution is 6.31. The van der Waals surface area contributed by atoms with Gasteiger partial charge in [0.15, 0.2) is 0 Å². The van der Waals surface area contributed by atoms with Crippen LogP contribution >= 0.6 is 11.6 Å². The predicted molar refractivity (Wildman–Crippen MR) is 150 cm³/mol. The lowest BCUT2D eigenvalue weighted by Crippen LogP contribution is -2.21. The van der Waals surface area contributed by atoms with Crippen molar-refractivity contribution in [3.05, 3.63) is 130 Å². The Balaban J connectivity index is 1.33. The van der Waals surface area contributed by atoms with Gasteiger partial charge in [0.05, 0.1) is 19.4 Å². The molecule has 2 N–H and O–H groups in total. The summed E-state index contributed by atoms with van der Waals surface area (Å²) in [5.41, 5.74) is 9.68. The number of nitriles is 1. The lowest BCUT2D eigenvalue weighted by Gasteiger charge is -2.26. The van der Waals surface area contributed by atoms with Crippen molar-refractivity contribution >= 4 is 17.6 Å². The van der Waals surface area contributed by atoms with Crippen LogP contribution in [0.1, 0.15) is 28.2 Å². The van der Waals surface area contributed by atoms with Gasteiger partial charge in [-0.25, -0.2) is 0 Å². The van der Waals surface area contributed by atoms with E-state index in [1.165, 1.54) is 0 Å². The molecule has 7 nitrogen and oxygen atoms in total. The Morgan fingerprint density at radius 3 is 2.38 bits per heavy atom. The summed E-state index contributed by atoms with van der Waals surface area (Å²) in [6, 6.07) is 29.4. The molecule has 0 fully saturated rings. The average molecular weight is 553 g/mol. The second-order valence-electron chi connectivity index (χ2n) is 9.07. The topological polar surface area (TPSA) is 104 Å². The molecule has 0 radical (unpaired) electrons. The van der Waals surface area contributed by atoms with Crippen molar-refractivity contribution in [2.24, 2.45) is 5.73 Å². The summed E-state index contributed by atoms with van der Waals surface area (Å²) in [4.78, 5) is 12.6. The van der Waals surface area contributed by atoms with Crippen LogP contribution in [0.3, 0.4) is 0 Å². The Hall–Kier alpha value is -4.93. The van der Waals surface area contributed by atoms with Crippen molar-refractivity contribution < 1.29 is 23.7 Å². The Morgan fingerprint density at radius 1 is 0.975 bits per heavy atom. The number of nitrogens with two attached hydrogens (primary N) is 1. The number of nitrogens with zero attached hydrogens (tertiary/aromatic N) is 1. The van der Waals surface area contributed by atoms with E-state index in [-0.39, 0.29) is 12.3 Å². The number of fused-ring (bicyclic) bond motifs is 1. The van der Waals surface area contributed by atoms with E-state index in [2.05, 4.69) is 6.07 Å². The molecule has 40 heavy (non-hydrogen) atoms.